The first-order chi connectivity index (χ1) is 10.1. The predicted octanol–water partition coefficient (Wildman–Crippen LogP) is 3.18. The van der Waals surface area contributed by atoms with Crippen molar-refractivity contribution in [1.82, 2.24) is 9.97 Å². The summed E-state index contributed by atoms with van der Waals surface area (Å²) < 4.78 is 5.62. The van der Waals surface area contributed by atoms with Gasteiger partial charge in [0.2, 0.25) is 5.75 Å². The molecule has 1 N–H and O–H groups in total. The number of ether oxygens (including phenoxy) is 1. The van der Waals surface area contributed by atoms with Crippen LogP contribution in [0, 0.1) is 11.8 Å². The van der Waals surface area contributed by atoms with Crippen LogP contribution in [0.15, 0.2) is 6.33 Å². The first-order valence-electron chi connectivity index (χ1n) is 7.97. The van der Waals surface area contributed by atoms with Gasteiger partial charge in [-0.05, 0) is 31.6 Å². The number of anilines is 2. The molecule has 0 spiro atoms. The van der Waals surface area contributed by atoms with E-state index in [2.05, 4.69) is 47.9 Å². The van der Waals surface area contributed by atoms with E-state index in [4.69, 9.17) is 4.74 Å². The summed E-state index contributed by atoms with van der Waals surface area (Å²) in [4.78, 5) is 11.2. The highest BCUT2D eigenvalue weighted by molar-refractivity contribution is 5.65. The van der Waals surface area contributed by atoms with Gasteiger partial charge in [-0.1, -0.05) is 20.8 Å². The number of methoxy groups -OCH3 is 1. The second-order valence-corrected chi connectivity index (χ2v) is 6.22. The van der Waals surface area contributed by atoms with Crippen LogP contribution >= 0.6 is 0 Å². The lowest BCUT2D eigenvalue weighted by atomic mass is 9.86. The lowest BCUT2D eigenvalue weighted by Gasteiger charge is -2.42. The van der Waals surface area contributed by atoms with Crippen molar-refractivity contribution in [2.24, 2.45) is 11.8 Å². The van der Waals surface area contributed by atoms with Gasteiger partial charge in [-0.25, -0.2) is 9.97 Å². The van der Waals surface area contributed by atoms with Crippen molar-refractivity contribution in [3.63, 3.8) is 0 Å². The van der Waals surface area contributed by atoms with E-state index in [1.54, 1.807) is 13.4 Å². The molecule has 0 saturated carbocycles. The monoisotopic (exact) mass is 292 g/mol. The predicted molar refractivity (Wildman–Crippen MR) is 87.1 cm³/mol. The van der Waals surface area contributed by atoms with Crippen LogP contribution in [0.1, 0.15) is 40.5 Å². The standard InChI is InChI=1S/C16H28N4O/c1-6-7-17-15-14(21-5)16(19-10-18-15)20-9-11(2)8-12(3)13(20)4/h10-13H,6-9H2,1-5H3,(H,17,18,19). The summed E-state index contributed by atoms with van der Waals surface area (Å²) >= 11 is 0. The minimum absolute atomic E-state index is 0.462. The molecule has 0 radical (unpaired) electrons. The number of piperidine rings is 1. The smallest absolute Gasteiger partial charge is 0.204 e. The van der Waals surface area contributed by atoms with Crippen LogP contribution in [-0.4, -0.2) is 36.2 Å². The summed E-state index contributed by atoms with van der Waals surface area (Å²) in [6, 6.07) is 0.462. The van der Waals surface area contributed by atoms with Crippen molar-refractivity contribution in [3.8, 4) is 5.75 Å². The molecule has 5 nitrogen and oxygen atoms in total. The fourth-order valence-electron chi connectivity index (χ4n) is 3.12. The molecule has 1 aliphatic rings. The quantitative estimate of drug-likeness (QED) is 0.903. The van der Waals surface area contributed by atoms with E-state index in [0.29, 0.717) is 17.9 Å². The number of nitrogens with one attached hydrogen (secondary N) is 1. The maximum Gasteiger partial charge on any atom is 0.204 e. The van der Waals surface area contributed by atoms with Crippen LogP contribution < -0.4 is 15.0 Å². The lowest BCUT2D eigenvalue weighted by molar-refractivity contribution is 0.292. The Morgan fingerprint density at radius 2 is 2.10 bits per heavy atom. The Morgan fingerprint density at radius 3 is 2.76 bits per heavy atom. The summed E-state index contributed by atoms with van der Waals surface area (Å²) in [6.45, 7) is 10.9. The zero-order valence-corrected chi connectivity index (χ0v) is 13.9. The molecule has 21 heavy (non-hydrogen) atoms. The van der Waals surface area contributed by atoms with Gasteiger partial charge in [0.1, 0.15) is 6.33 Å². The number of hydrogen-bond acceptors (Lipinski definition) is 5. The molecule has 1 aromatic rings. The molecule has 3 unspecified atom stereocenters. The second-order valence-electron chi connectivity index (χ2n) is 6.22. The molecule has 1 fully saturated rings. The summed E-state index contributed by atoms with van der Waals surface area (Å²) in [5, 5.41) is 3.33. The first kappa shape index (κ1) is 15.9. The molecule has 1 saturated heterocycles. The van der Waals surface area contributed by atoms with Crippen LogP contribution in [0.4, 0.5) is 11.6 Å². The van der Waals surface area contributed by atoms with E-state index in [1.807, 2.05) is 0 Å². The first-order valence-corrected chi connectivity index (χ1v) is 7.97. The van der Waals surface area contributed by atoms with Crippen LogP contribution in [0.25, 0.3) is 0 Å². The van der Waals surface area contributed by atoms with Gasteiger partial charge in [0.05, 0.1) is 7.11 Å². The van der Waals surface area contributed by atoms with E-state index in [1.165, 1.54) is 6.42 Å². The molecule has 3 atom stereocenters. The van der Waals surface area contributed by atoms with Gasteiger partial charge in [0.25, 0.3) is 0 Å². The summed E-state index contributed by atoms with van der Waals surface area (Å²) in [6.07, 6.45) is 3.95. The number of nitrogens with zero attached hydrogens (tertiary/aromatic N) is 3. The number of rotatable bonds is 5. The molecular weight excluding hydrogens is 264 g/mol. The fourth-order valence-corrected chi connectivity index (χ4v) is 3.12. The van der Waals surface area contributed by atoms with Gasteiger partial charge in [-0.15, -0.1) is 0 Å². The summed E-state index contributed by atoms with van der Waals surface area (Å²) in [5.74, 6) is 3.79. The summed E-state index contributed by atoms with van der Waals surface area (Å²) in [7, 11) is 1.70. The lowest BCUT2D eigenvalue weighted by Crippen LogP contribution is -2.46. The molecule has 5 heteroatoms. The third-order valence-corrected chi connectivity index (χ3v) is 4.40. The Bertz CT molecular complexity index is 466. The average molecular weight is 292 g/mol. The summed E-state index contributed by atoms with van der Waals surface area (Å²) in [5.41, 5.74) is 0. The van der Waals surface area contributed by atoms with Crippen LogP contribution in [0.2, 0.25) is 0 Å². The largest absolute Gasteiger partial charge is 0.490 e. The van der Waals surface area contributed by atoms with Gasteiger partial charge in [-0.3, -0.25) is 0 Å². The van der Waals surface area contributed by atoms with Crippen LogP contribution in [-0.2, 0) is 0 Å². The van der Waals surface area contributed by atoms with Crippen molar-refractivity contribution >= 4 is 11.6 Å². The maximum absolute atomic E-state index is 5.62. The average Bonchev–Trinajstić information content (AvgIpc) is 2.48. The van der Waals surface area contributed by atoms with Gasteiger partial charge >= 0.3 is 0 Å². The van der Waals surface area contributed by atoms with Crippen molar-refractivity contribution < 1.29 is 4.74 Å². The third-order valence-electron chi connectivity index (χ3n) is 4.40. The molecule has 0 aromatic carbocycles. The van der Waals surface area contributed by atoms with E-state index in [9.17, 15) is 0 Å². The van der Waals surface area contributed by atoms with E-state index >= 15 is 0 Å². The van der Waals surface area contributed by atoms with Crippen LogP contribution in [0.5, 0.6) is 5.75 Å². The van der Waals surface area contributed by atoms with Gasteiger partial charge in [-0.2, -0.15) is 0 Å². The Labute approximate surface area is 128 Å². The topological polar surface area (TPSA) is 50.3 Å². The van der Waals surface area contributed by atoms with E-state index < -0.39 is 0 Å². The minimum Gasteiger partial charge on any atom is -0.490 e. The normalized spacial score (nSPS) is 25.8. The molecule has 0 aliphatic carbocycles. The van der Waals surface area contributed by atoms with Crippen molar-refractivity contribution in [3.05, 3.63) is 6.33 Å². The Hall–Kier alpha value is -1.52. The minimum atomic E-state index is 0.462. The van der Waals surface area contributed by atoms with Crippen molar-refractivity contribution in [1.29, 1.82) is 0 Å². The Kier molecular flexibility index (Phi) is 5.26. The highest BCUT2D eigenvalue weighted by atomic mass is 16.5. The number of hydrogen-bond donors (Lipinski definition) is 1. The third kappa shape index (κ3) is 3.39. The van der Waals surface area contributed by atoms with E-state index in [-0.39, 0.29) is 0 Å². The SMILES string of the molecule is CCCNc1ncnc(N2CC(C)CC(C)C2C)c1OC. The second kappa shape index (κ2) is 6.96. The van der Waals surface area contributed by atoms with Crippen molar-refractivity contribution in [2.45, 2.75) is 46.6 Å². The molecule has 0 bridgehead atoms. The molecule has 1 aliphatic heterocycles. The van der Waals surface area contributed by atoms with Crippen LogP contribution in [0.3, 0.4) is 0 Å². The zero-order valence-electron chi connectivity index (χ0n) is 13.9. The molecule has 1 aromatic heterocycles. The van der Waals surface area contributed by atoms with Gasteiger partial charge in [0, 0.05) is 19.1 Å². The zero-order chi connectivity index (χ0) is 15.4. The fraction of sp³-hybridized carbons (Fsp3) is 0.750. The number of aromatic nitrogens is 2. The molecule has 118 valence electrons. The van der Waals surface area contributed by atoms with E-state index in [0.717, 1.165) is 36.9 Å². The molecule has 2 heterocycles. The molecule has 2 rings (SSSR count). The Morgan fingerprint density at radius 1 is 1.33 bits per heavy atom. The van der Waals surface area contributed by atoms with Gasteiger partial charge in [0.15, 0.2) is 11.6 Å². The highest BCUT2D eigenvalue weighted by Crippen LogP contribution is 2.37. The molecule has 0 amide bonds. The Balaban J connectivity index is 2.33. The highest BCUT2D eigenvalue weighted by Gasteiger charge is 2.32. The van der Waals surface area contributed by atoms with Gasteiger partial charge < -0.3 is 15.0 Å². The van der Waals surface area contributed by atoms with Crippen molar-refractivity contribution in [2.75, 3.05) is 30.4 Å². The maximum atomic E-state index is 5.62. The molecular formula is C16H28N4O.